The molecule has 1 atom stereocenters. The fraction of sp³-hybridized carbons (Fsp3) is 0.235. The molecule has 0 spiro atoms. The molecule has 1 fully saturated rings. The molecule has 0 amide bonds. The standard InChI is InChI=1S/C17H13Cl2FN2O4/c18-12-3-1-10(7-13(12)19)21-6-5-9(8-21)11-2-4-14(22(25)26)15(16(11)20)17(23)24/h1-4,7,9H,5-6,8H2,(H,23,24). The molecule has 0 radical (unpaired) electrons. The number of carbonyl (C=O) groups is 1. The Labute approximate surface area is 157 Å². The predicted molar refractivity (Wildman–Crippen MR) is 96.0 cm³/mol. The van der Waals surface area contributed by atoms with Gasteiger partial charge < -0.3 is 10.0 Å². The largest absolute Gasteiger partial charge is 0.477 e. The Morgan fingerprint density at radius 1 is 1.27 bits per heavy atom. The second kappa shape index (κ2) is 7.09. The molecule has 1 aliphatic rings. The normalized spacial score (nSPS) is 16.7. The lowest BCUT2D eigenvalue weighted by atomic mass is 9.95. The van der Waals surface area contributed by atoms with E-state index < -0.39 is 28.0 Å². The Morgan fingerprint density at radius 2 is 2.00 bits per heavy atom. The molecule has 1 N–H and O–H groups in total. The highest BCUT2D eigenvalue weighted by molar-refractivity contribution is 6.42. The average molecular weight is 399 g/mol. The Kier molecular flexibility index (Phi) is 5.02. The van der Waals surface area contributed by atoms with Crippen molar-refractivity contribution < 1.29 is 19.2 Å². The van der Waals surface area contributed by atoms with Crippen LogP contribution in [0.4, 0.5) is 15.8 Å². The molecule has 0 saturated carbocycles. The first-order valence-corrected chi connectivity index (χ1v) is 8.45. The van der Waals surface area contributed by atoms with E-state index in [-0.39, 0.29) is 11.5 Å². The number of nitro benzene ring substituents is 1. The smallest absolute Gasteiger partial charge is 0.345 e. The minimum atomic E-state index is -1.66. The number of hydrogen-bond donors (Lipinski definition) is 1. The van der Waals surface area contributed by atoms with Crippen molar-refractivity contribution in [1.29, 1.82) is 0 Å². The van der Waals surface area contributed by atoms with Crippen molar-refractivity contribution in [3.05, 3.63) is 67.4 Å². The van der Waals surface area contributed by atoms with Gasteiger partial charge in [-0.1, -0.05) is 23.2 Å². The van der Waals surface area contributed by atoms with E-state index in [2.05, 4.69) is 0 Å². The monoisotopic (exact) mass is 398 g/mol. The van der Waals surface area contributed by atoms with Crippen LogP contribution < -0.4 is 4.90 Å². The highest BCUT2D eigenvalue weighted by Gasteiger charge is 2.32. The highest BCUT2D eigenvalue weighted by atomic mass is 35.5. The van der Waals surface area contributed by atoms with Gasteiger partial charge in [0.1, 0.15) is 5.82 Å². The van der Waals surface area contributed by atoms with Crippen molar-refractivity contribution in [2.75, 3.05) is 18.0 Å². The molecular weight excluding hydrogens is 386 g/mol. The van der Waals surface area contributed by atoms with Crippen molar-refractivity contribution >= 4 is 40.5 Å². The molecular formula is C17H13Cl2FN2O4. The van der Waals surface area contributed by atoms with Crippen LogP contribution in [0.5, 0.6) is 0 Å². The van der Waals surface area contributed by atoms with Crippen LogP contribution in [0.25, 0.3) is 0 Å². The third-order valence-corrected chi connectivity index (χ3v) is 5.20. The molecule has 0 bridgehead atoms. The third-order valence-electron chi connectivity index (χ3n) is 4.46. The number of nitrogens with zero attached hydrogens (tertiary/aromatic N) is 2. The molecule has 6 nitrogen and oxygen atoms in total. The van der Waals surface area contributed by atoms with Gasteiger partial charge in [-0.3, -0.25) is 10.1 Å². The number of aromatic carboxylic acids is 1. The maximum absolute atomic E-state index is 14.7. The first-order chi connectivity index (χ1) is 12.3. The van der Waals surface area contributed by atoms with Crippen LogP contribution in [0.15, 0.2) is 30.3 Å². The molecule has 1 aliphatic heterocycles. The summed E-state index contributed by atoms with van der Waals surface area (Å²) in [5.74, 6) is -2.99. The third kappa shape index (κ3) is 3.32. The van der Waals surface area contributed by atoms with Crippen molar-refractivity contribution in [2.24, 2.45) is 0 Å². The second-order valence-electron chi connectivity index (χ2n) is 5.96. The summed E-state index contributed by atoms with van der Waals surface area (Å²) in [6, 6.07) is 7.51. The lowest BCUT2D eigenvalue weighted by molar-refractivity contribution is -0.385. The number of hydrogen-bond acceptors (Lipinski definition) is 4. The van der Waals surface area contributed by atoms with Crippen molar-refractivity contribution in [3.63, 3.8) is 0 Å². The summed E-state index contributed by atoms with van der Waals surface area (Å²) in [5.41, 5.74) is -0.670. The van der Waals surface area contributed by atoms with Crippen LogP contribution in [0, 0.1) is 15.9 Å². The number of nitro groups is 1. The fourth-order valence-electron chi connectivity index (χ4n) is 3.18. The first kappa shape index (κ1) is 18.4. The Balaban J connectivity index is 1.91. The van der Waals surface area contributed by atoms with Gasteiger partial charge in [0.15, 0.2) is 5.56 Å². The number of halogens is 3. The summed E-state index contributed by atoms with van der Waals surface area (Å²) in [4.78, 5) is 23.3. The van der Waals surface area contributed by atoms with Gasteiger partial charge in [-0.05, 0) is 36.2 Å². The van der Waals surface area contributed by atoms with Crippen molar-refractivity contribution in [1.82, 2.24) is 0 Å². The molecule has 2 aromatic carbocycles. The number of carboxylic acid groups (broad SMARTS) is 1. The summed E-state index contributed by atoms with van der Waals surface area (Å²) in [5, 5.41) is 21.0. The van der Waals surface area contributed by atoms with Crippen LogP contribution in [-0.4, -0.2) is 29.1 Å². The van der Waals surface area contributed by atoms with Crippen LogP contribution >= 0.6 is 23.2 Å². The number of rotatable bonds is 4. The summed E-state index contributed by atoms with van der Waals surface area (Å²) >= 11 is 11.9. The van der Waals surface area contributed by atoms with E-state index in [9.17, 15) is 19.3 Å². The molecule has 3 rings (SSSR count). The lowest BCUT2D eigenvalue weighted by Gasteiger charge is -2.19. The SMILES string of the molecule is O=C(O)c1c([N+](=O)[O-])ccc(C2CCN(c3ccc(Cl)c(Cl)c3)C2)c1F. The molecule has 1 unspecified atom stereocenters. The average Bonchev–Trinajstić information content (AvgIpc) is 3.06. The number of anilines is 1. The van der Waals surface area contributed by atoms with Crippen LogP contribution in [0.2, 0.25) is 10.0 Å². The van der Waals surface area contributed by atoms with E-state index in [1.807, 2.05) is 4.90 Å². The van der Waals surface area contributed by atoms with E-state index in [4.69, 9.17) is 28.3 Å². The minimum absolute atomic E-state index is 0.163. The maximum atomic E-state index is 14.7. The number of benzene rings is 2. The maximum Gasteiger partial charge on any atom is 0.345 e. The van der Waals surface area contributed by atoms with Crippen LogP contribution in [0.3, 0.4) is 0 Å². The quantitative estimate of drug-likeness (QED) is 0.594. The van der Waals surface area contributed by atoms with Gasteiger partial charge in [-0.25, -0.2) is 9.18 Å². The van der Waals surface area contributed by atoms with E-state index >= 15 is 0 Å². The molecule has 26 heavy (non-hydrogen) atoms. The Hall–Kier alpha value is -2.38. The molecule has 1 saturated heterocycles. The van der Waals surface area contributed by atoms with Crippen molar-refractivity contribution in [2.45, 2.75) is 12.3 Å². The molecule has 136 valence electrons. The zero-order chi connectivity index (χ0) is 19.0. The molecule has 0 aliphatic carbocycles. The van der Waals surface area contributed by atoms with E-state index in [0.29, 0.717) is 29.6 Å². The molecule has 2 aromatic rings. The topological polar surface area (TPSA) is 83.7 Å². The van der Waals surface area contributed by atoms with Gasteiger partial charge in [0, 0.05) is 30.8 Å². The fourth-order valence-corrected chi connectivity index (χ4v) is 3.48. The van der Waals surface area contributed by atoms with Gasteiger partial charge in [0.25, 0.3) is 5.69 Å². The van der Waals surface area contributed by atoms with Crippen LogP contribution in [-0.2, 0) is 0 Å². The summed E-state index contributed by atoms with van der Waals surface area (Å²) in [6.45, 7) is 1.05. The summed E-state index contributed by atoms with van der Waals surface area (Å²) in [6.07, 6.45) is 0.577. The Morgan fingerprint density at radius 3 is 2.62 bits per heavy atom. The summed E-state index contributed by atoms with van der Waals surface area (Å²) in [7, 11) is 0. The first-order valence-electron chi connectivity index (χ1n) is 7.69. The van der Waals surface area contributed by atoms with Gasteiger partial charge in [0.05, 0.1) is 15.0 Å². The number of carboxylic acids is 1. The Bertz CT molecular complexity index is 907. The predicted octanol–water partition coefficient (Wildman–Crippen LogP) is 4.73. The van der Waals surface area contributed by atoms with Crippen LogP contribution in [0.1, 0.15) is 28.3 Å². The van der Waals surface area contributed by atoms with E-state index in [0.717, 1.165) is 11.8 Å². The van der Waals surface area contributed by atoms with E-state index in [1.165, 1.54) is 6.07 Å². The molecule has 9 heteroatoms. The summed E-state index contributed by atoms with van der Waals surface area (Å²) < 4.78 is 14.7. The highest BCUT2D eigenvalue weighted by Crippen LogP contribution is 2.36. The lowest BCUT2D eigenvalue weighted by Crippen LogP contribution is -2.19. The van der Waals surface area contributed by atoms with Crippen molar-refractivity contribution in [3.8, 4) is 0 Å². The van der Waals surface area contributed by atoms with Gasteiger partial charge in [0.2, 0.25) is 0 Å². The molecule has 0 aromatic heterocycles. The zero-order valence-electron chi connectivity index (χ0n) is 13.3. The van der Waals surface area contributed by atoms with Gasteiger partial charge in [-0.15, -0.1) is 0 Å². The minimum Gasteiger partial charge on any atom is -0.477 e. The van der Waals surface area contributed by atoms with E-state index in [1.54, 1.807) is 18.2 Å². The molecule has 1 heterocycles. The second-order valence-corrected chi connectivity index (χ2v) is 6.77. The van der Waals surface area contributed by atoms with Gasteiger partial charge >= 0.3 is 5.97 Å². The zero-order valence-corrected chi connectivity index (χ0v) is 14.8. The van der Waals surface area contributed by atoms with Gasteiger partial charge in [-0.2, -0.15) is 0 Å².